The summed E-state index contributed by atoms with van der Waals surface area (Å²) in [6.45, 7) is 3.56. The normalized spacial score (nSPS) is 37.3. The van der Waals surface area contributed by atoms with E-state index in [0.717, 1.165) is 101 Å². The fraction of sp³-hybridized carbons (Fsp3) is 0.889. The van der Waals surface area contributed by atoms with Gasteiger partial charge >= 0.3 is 35.7 Å². The molecule has 8 nitrogen and oxygen atoms in total. The molecular weight excluding hydrogens is 636 g/mol. The minimum Gasteiger partial charge on any atom is -0.456 e. The molecule has 12 heteroatoms. The van der Waals surface area contributed by atoms with Gasteiger partial charge in [0.05, 0.1) is 0 Å². The third kappa shape index (κ3) is 7.67. The minimum atomic E-state index is -3.59. The summed E-state index contributed by atoms with van der Waals surface area (Å²) in [4.78, 5) is 46.6. The van der Waals surface area contributed by atoms with Gasteiger partial charge in [-0.05, 0) is 131 Å². The highest BCUT2D eigenvalue weighted by Gasteiger charge is 2.60. The van der Waals surface area contributed by atoms with Crippen molar-refractivity contribution in [3.63, 3.8) is 0 Å². The molecule has 0 aromatic rings. The van der Waals surface area contributed by atoms with Gasteiger partial charge in [-0.2, -0.15) is 17.6 Å². The van der Waals surface area contributed by atoms with Crippen molar-refractivity contribution < 1.29 is 55.7 Å². The van der Waals surface area contributed by atoms with E-state index in [-0.39, 0.29) is 0 Å². The standard InChI is InChI=1S/C19H28F2O4.C17H24F2O4/c1-3-4-5-19(25-16(22)11-24-17(23)18(2,20)21)14-7-12-6-13(9-14)10-15(19)8-12;1-3-17(23-14(20)9-22-15(21)16(2,18)19)12-5-10-4-11(7-12)8-13(17)6-10/h12-15H,3-11H2,1-2H3;10-13H,3-9H2,1-2H3. The van der Waals surface area contributed by atoms with Crippen LogP contribution in [0.15, 0.2) is 0 Å². The van der Waals surface area contributed by atoms with Gasteiger partial charge in [0.2, 0.25) is 0 Å². The zero-order valence-corrected chi connectivity index (χ0v) is 28.7. The van der Waals surface area contributed by atoms with Crippen LogP contribution in [0.25, 0.3) is 0 Å². The molecule has 8 saturated carbocycles. The quantitative estimate of drug-likeness (QED) is 0.118. The number of carbonyl (C=O) groups is 4. The molecule has 8 bridgehead atoms. The first-order chi connectivity index (χ1) is 22.5. The lowest BCUT2D eigenvalue weighted by Gasteiger charge is -2.60. The third-order valence-electron chi connectivity index (χ3n) is 12.5. The van der Waals surface area contributed by atoms with Crippen LogP contribution in [0, 0.1) is 47.3 Å². The van der Waals surface area contributed by atoms with Crippen molar-refractivity contribution in [2.24, 2.45) is 47.3 Å². The molecule has 0 spiro atoms. The number of esters is 4. The number of halogens is 4. The SMILES string of the molecule is CCC1(OC(=O)COC(=O)C(C)(F)F)C2CC3CC(C2)CC1C3.CCCCC1(OC(=O)COC(=O)C(C)(F)F)C2CC3CC(C2)CC1C3. The van der Waals surface area contributed by atoms with E-state index < -0.39 is 60.1 Å². The summed E-state index contributed by atoms with van der Waals surface area (Å²) in [7, 11) is 0. The van der Waals surface area contributed by atoms with E-state index in [0.29, 0.717) is 37.5 Å². The predicted molar refractivity (Wildman–Crippen MR) is 165 cm³/mol. The van der Waals surface area contributed by atoms with E-state index in [2.05, 4.69) is 16.4 Å². The third-order valence-corrected chi connectivity index (χ3v) is 12.5. The molecule has 8 rings (SSSR count). The van der Waals surface area contributed by atoms with Crippen molar-refractivity contribution in [3.8, 4) is 0 Å². The number of unbranched alkanes of at least 4 members (excludes halogenated alkanes) is 1. The van der Waals surface area contributed by atoms with Gasteiger partial charge < -0.3 is 18.9 Å². The van der Waals surface area contributed by atoms with Crippen LogP contribution >= 0.6 is 0 Å². The van der Waals surface area contributed by atoms with Crippen LogP contribution in [0.4, 0.5) is 17.6 Å². The summed E-state index contributed by atoms with van der Waals surface area (Å²) in [6.07, 6.45) is 14.8. The number of rotatable bonds is 12. The second kappa shape index (κ2) is 14.1. The van der Waals surface area contributed by atoms with Gasteiger partial charge in [-0.25, -0.2) is 19.2 Å². The Morgan fingerprint density at radius 2 is 0.917 bits per heavy atom. The maximum absolute atomic E-state index is 12.9. The second-order valence-electron chi connectivity index (χ2n) is 15.9. The Labute approximate surface area is 280 Å². The summed E-state index contributed by atoms with van der Waals surface area (Å²) in [5, 5.41) is 0. The number of alkyl halides is 4. The predicted octanol–water partition coefficient (Wildman–Crippen LogP) is 7.45. The highest BCUT2D eigenvalue weighted by atomic mass is 19.3. The molecule has 8 aliphatic rings. The Bertz CT molecular complexity index is 1150. The van der Waals surface area contributed by atoms with Crippen molar-refractivity contribution in [2.75, 3.05) is 13.2 Å². The molecule has 272 valence electrons. The van der Waals surface area contributed by atoms with Gasteiger partial charge in [-0.1, -0.05) is 20.3 Å². The molecule has 48 heavy (non-hydrogen) atoms. The first kappa shape index (κ1) is 36.9. The monoisotopic (exact) mass is 688 g/mol. The summed E-state index contributed by atoms with van der Waals surface area (Å²) >= 11 is 0. The average molecular weight is 689 g/mol. The highest BCUT2D eigenvalue weighted by molar-refractivity contribution is 5.81. The molecule has 0 atom stereocenters. The Kier molecular flexibility index (Phi) is 10.8. The van der Waals surface area contributed by atoms with E-state index in [1.165, 1.54) is 12.8 Å². The zero-order valence-electron chi connectivity index (χ0n) is 28.7. The first-order valence-corrected chi connectivity index (χ1v) is 18.0. The van der Waals surface area contributed by atoms with E-state index >= 15 is 0 Å². The maximum Gasteiger partial charge on any atom is 0.377 e. The summed E-state index contributed by atoms with van der Waals surface area (Å²) in [5.41, 5.74) is -0.979. The van der Waals surface area contributed by atoms with Crippen LogP contribution in [-0.2, 0) is 38.1 Å². The van der Waals surface area contributed by atoms with Crippen LogP contribution < -0.4 is 0 Å². The molecule has 0 aliphatic heterocycles. The fourth-order valence-electron chi connectivity index (χ4n) is 10.8. The first-order valence-electron chi connectivity index (χ1n) is 18.0. The van der Waals surface area contributed by atoms with Crippen molar-refractivity contribution >= 4 is 23.9 Å². The lowest BCUT2D eigenvalue weighted by Crippen LogP contribution is -2.60. The Hall–Kier alpha value is -2.40. The zero-order chi connectivity index (χ0) is 35.1. The summed E-state index contributed by atoms with van der Waals surface area (Å²) in [5.74, 6) is -7.55. The van der Waals surface area contributed by atoms with Crippen molar-refractivity contribution in [1.29, 1.82) is 0 Å². The Morgan fingerprint density at radius 3 is 1.23 bits per heavy atom. The molecule has 0 N–H and O–H groups in total. The Balaban J connectivity index is 0.000000188. The van der Waals surface area contributed by atoms with Gasteiger partial charge in [0.25, 0.3) is 0 Å². The van der Waals surface area contributed by atoms with Crippen molar-refractivity contribution in [2.45, 2.75) is 141 Å². The Morgan fingerprint density at radius 1 is 0.583 bits per heavy atom. The molecule has 0 saturated heterocycles. The van der Waals surface area contributed by atoms with Crippen molar-refractivity contribution in [1.82, 2.24) is 0 Å². The van der Waals surface area contributed by atoms with E-state index in [4.69, 9.17) is 9.47 Å². The molecule has 0 unspecified atom stereocenters. The van der Waals surface area contributed by atoms with Crippen LogP contribution in [0.5, 0.6) is 0 Å². The van der Waals surface area contributed by atoms with Crippen LogP contribution in [-0.4, -0.2) is 60.1 Å². The molecule has 0 aromatic heterocycles. The van der Waals surface area contributed by atoms with Crippen LogP contribution in [0.2, 0.25) is 0 Å². The molecule has 0 radical (unpaired) electrons. The lowest BCUT2D eigenvalue weighted by molar-refractivity contribution is -0.217. The summed E-state index contributed by atoms with van der Waals surface area (Å²) < 4.78 is 71.8. The van der Waals surface area contributed by atoms with Gasteiger partial charge in [0.1, 0.15) is 11.2 Å². The van der Waals surface area contributed by atoms with E-state index in [1.54, 1.807) is 0 Å². The molecule has 0 aromatic carbocycles. The molecule has 8 aliphatic carbocycles. The molecular formula is C36H52F4O8. The van der Waals surface area contributed by atoms with Gasteiger partial charge in [0.15, 0.2) is 13.2 Å². The molecule has 0 amide bonds. The number of hydrogen-bond acceptors (Lipinski definition) is 8. The average Bonchev–Trinajstić information content (AvgIpc) is 3.00. The number of carbonyl (C=O) groups excluding carboxylic acids is 4. The second-order valence-corrected chi connectivity index (χ2v) is 15.9. The molecule has 8 fully saturated rings. The van der Waals surface area contributed by atoms with Crippen LogP contribution in [0.1, 0.15) is 118 Å². The van der Waals surface area contributed by atoms with E-state index in [1.807, 2.05) is 6.92 Å². The topological polar surface area (TPSA) is 105 Å². The van der Waals surface area contributed by atoms with Gasteiger partial charge in [-0.15, -0.1) is 0 Å². The minimum absolute atomic E-state index is 0.357. The largest absolute Gasteiger partial charge is 0.456 e. The number of hydrogen-bond donors (Lipinski definition) is 0. The van der Waals surface area contributed by atoms with Crippen LogP contribution in [0.3, 0.4) is 0 Å². The van der Waals surface area contributed by atoms with E-state index in [9.17, 15) is 36.7 Å². The lowest BCUT2D eigenvalue weighted by atomic mass is 9.49. The fourth-order valence-corrected chi connectivity index (χ4v) is 10.8. The van der Waals surface area contributed by atoms with Gasteiger partial charge in [-0.3, -0.25) is 0 Å². The van der Waals surface area contributed by atoms with Gasteiger partial charge in [0, 0.05) is 13.8 Å². The molecule has 0 heterocycles. The highest BCUT2D eigenvalue weighted by Crippen LogP contribution is 2.62. The van der Waals surface area contributed by atoms with Crippen molar-refractivity contribution in [3.05, 3.63) is 0 Å². The summed E-state index contributed by atoms with van der Waals surface area (Å²) in [6, 6.07) is 0. The number of ether oxygens (including phenoxy) is 4. The maximum atomic E-state index is 12.9. The smallest absolute Gasteiger partial charge is 0.377 e.